The molecule has 0 radical (unpaired) electrons. The predicted octanol–water partition coefficient (Wildman–Crippen LogP) is 2.75. The van der Waals surface area contributed by atoms with Crippen LogP contribution in [0.25, 0.3) is 0 Å². The molecule has 0 saturated carbocycles. The van der Waals surface area contributed by atoms with Crippen LogP contribution in [0.1, 0.15) is 23.1 Å². The third-order valence-electron chi connectivity index (χ3n) is 1.36. The number of hydrogen-bond acceptors (Lipinski definition) is 2. The molecule has 0 aliphatic rings. The van der Waals surface area contributed by atoms with Crippen molar-refractivity contribution in [3.8, 4) is 0 Å². The standard InChI is InChI=1S/C10H17N3O.C3H8.2H2/c1-4-5-6-9(12-10(11)14)7-8-13(2)3;1-3-2;;/h4-7H,1,8H2,2-3H3,(H3,11,12,14);3H2,1-2H3;2*1H/b6-5-,9-7+;;;. The summed E-state index contributed by atoms with van der Waals surface area (Å²) in [7, 11) is 3.88. The fraction of sp³-hybridized carbons (Fsp3) is 0.462. The lowest BCUT2D eigenvalue weighted by atomic mass is 10.3. The van der Waals surface area contributed by atoms with E-state index in [1.54, 1.807) is 18.2 Å². The van der Waals surface area contributed by atoms with Crippen molar-refractivity contribution in [2.45, 2.75) is 20.3 Å². The molecule has 2 amide bonds. The van der Waals surface area contributed by atoms with E-state index in [-0.39, 0.29) is 2.85 Å². The summed E-state index contributed by atoms with van der Waals surface area (Å²) in [6, 6.07) is -0.566. The zero-order valence-electron chi connectivity index (χ0n) is 11.4. The topological polar surface area (TPSA) is 58.4 Å². The monoisotopic (exact) mass is 243 g/mol. The fourth-order valence-electron chi connectivity index (χ4n) is 0.756. The van der Waals surface area contributed by atoms with Crippen LogP contribution in [-0.4, -0.2) is 31.6 Å². The molecule has 3 N–H and O–H groups in total. The van der Waals surface area contributed by atoms with Crippen LogP contribution in [0.3, 0.4) is 0 Å². The Labute approximate surface area is 108 Å². The lowest BCUT2D eigenvalue weighted by Crippen LogP contribution is -2.28. The van der Waals surface area contributed by atoms with E-state index in [0.717, 1.165) is 6.54 Å². The Kier molecular flexibility index (Phi) is 13.1. The molecule has 4 nitrogen and oxygen atoms in total. The maximum Gasteiger partial charge on any atom is 0.316 e. The molecule has 0 unspecified atom stereocenters. The molecule has 0 aromatic rings. The van der Waals surface area contributed by atoms with Crippen LogP contribution in [0.15, 0.2) is 36.6 Å². The summed E-state index contributed by atoms with van der Waals surface area (Å²) in [6.07, 6.45) is 8.22. The highest BCUT2D eigenvalue weighted by Crippen LogP contribution is 1.93. The third kappa shape index (κ3) is 17.1. The highest BCUT2D eigenvalue weighted by Gasteiger charge is 1.95. The van der Waals surface area contributed by atoms with Gasteiger partial charge in [-0.1, -0.05) is 39.0 Å². The van der Waals surface area contributed by atoms with Crippen molar-refractivity contribution < 1.29 is 7.65 Å². The van der Waals surface area contributed by atoms with Crippen LogP contribution in [0, 0.1) is 0 Å². The molecular formula is C13H29N3O. The Balaban J connectivity index is -0.000000204. The summed E-state index contributed by atoms with van der Waals surface area (Å²) in [5.41, 5.74) is 5.68. The van der Waals surface area contributed by atoms with E-state index in [0.29, 0.717) is 5.70 Å². The van der Waals surface area contributed by atoms with E-state index in [1.807, 2.05) is 25.1 Å². The molecule has 102 valence electrons. The number of carbonyl (C=O) groups is 1. The quantitative estimate of drug-likeness (QED) is 0.729. The van der Waals surface area contributed by atoms with Gasteiger partial charge in [0.15, 0.2) is 0 Å². The lowest BCUT2D eigenvalue weighted by molar-refractivity contribution is 0.251. The lowest BCUT2D eigenvalue weighted by Gasteiger charge is -2.07. The van der Waals surface area contributed by atoms with Gasteiger partial charge in [0.25, 0.3) is 0 Å². The van der Waals surface area contributed by atoms with Gasteiger partial charge in [-0.2, -0.15) is 0 Å². The fourth-order valence-corrected chi connectivity index (χ4v) is 0.756. The molecule has 0 fully saturated rings. The maximum absolute atomic E-state index is 10.6. The zero-order chi connectivity index (χ0) is 13.7. The number of urea groups is 1. The number of amides is 2. The first kappa shape index (κ1) is 17.8. The Morgan fingerprint density at radius 1 is 1.47 bits per heavy atom. The molecule has 0 spiro atoms. The largest absolute Gasteiger partial charge is 0.351 e. The summed E-state index contributed by atoms with van der Waals surface area (Å²) < 4.78 is 0. The zero-order valence-corrected chi connectivity index (χ0v) is 11.4. The summed E-state index contributed by atoms with van der Waals surface area (Å²) in [5, 5.41) is 2.51. The van der Waals surface area contributed by atoms with Crippen molar-refractivity contribution in [2.75, 3.05) is 20.6 Å². The van der Waals surface area contributed by atoms with Crippen LogP contribution < -0.4 is 11.1 Å². The first-order chi connectivity index (χ1) is 7.97. The van der Waals surface area contributed by atoms with Gasteiger partial charge >= 0.3 is 6.03 Å². The van der Waals surface area contributed by atoms with Crippen molar-refractivity contribution in [1.29, 1.82) is 0 Å². The van der Waals surface area contributed by atoms with Crippen molar-refractivity contribution in [1.82, 2.24) is 10.2 Å². The highest BCUT2D eigenvalue weighted by atomic mass is 16.2. The number of nitrogens with one attached hydrogen (secondary N) is 1. The number of allylic oxidation sites excluding steroid dienone is 3. The molecule has 0 aromatic carbocycles. The molecule has 0 rings (SSSR count). The highest BCUT2D eigenvalue weighted by molar-refractivity contribution is 5.74. The minimum atomic E-state index is -0.566. The van der Waals surface area contributed by atoms with Gasteiger partial charge in [-0.05, 0) is 26.2 Å². The number of likely N-dealkylation sites (N-methyl/N-ethyl adjacent to an activating group) is 1. The van der Waals surface area contributed by atoms with E-state index in [1.165, 1.54) is 6.42 Å². The first-order valence-corrected chi connectivity index (χ1v) is 5.68. The van der Waals surface area contributed by atoms with E-state index in [9.17, 15) is 4.79 Å². The average Bonchev–Trinajstić information content (AvgIpc) is 2.22. The van der Waals surface area contributed by atoms with Crippen molar-refractivity contribution in [3.63, 3.8) is 0 Å². The van der Waals surface area contributed by atoms with Gasteiger partial charge < -0.3 is 16.0 Å². The van der Waals surface area contributed by atoms with E-state index >= 15 is 0 Å². The molecule has 0 saturated heterocycles. The van der Waals surface area contributed by atoms with Gasteiger partial charge in [0.2, 0.25) is 0 Å². The molecular weight excluding hydrogens is 214 g/mol. The van der Waals surface area contributed by atoms with Gasteiger partial charge in [-0.3, -0.25) is 0 Å². The van der Waals surface area contributed by atoms with Crippen LogP contribution in [0.5, 0.6) is 0 Å². The number of nitrogens with zero attached hydrogens (tertiary/aromatic N) is 1. The Morgan fingerprint density at radius 3 is 2.35 bits per heavy atom. The minimum Gasteiger partial charge on any atom is -0.351 e. The third-order valence-corrected chi connectivity index (χ3v) is 1.36. The normalized spacial score (nSPS) is 11.0. The van der Waals surface area contributed by atoms with Gasteiger partial charge in [-0.25, -0.2) is 4.79 Å². The number of primary amides is 1. The van der Waals surface area contributed by atoms with Crippen LogP contribution in [0.2, 0.25) is 0 Å². The smallest absolute Gasteiger partial charge is 0.316 e. The van der Waals surface area contributed by atoms with Gasteiger partial charge in [0.1, 0.15) is 0 Å². The Hall–Kier alpha value is -1.55. The Morgan fingerprint density at radius 2 is 2.00 bits per heavy atom. The second-order valence-corrected chi connectivity index (χ2v) is 3.71. The van der Waals surface area contributed by atoms with Gasteiger partial charge in [0.05, 0.1) is 0 Å². The van der Waals surface area contributed by atoms with E-state index < -0.39 is 6.03 Å². The minimum absolute atomic E-state index is 0. The van der Waals surface area contributed by atoms with Crippen molar-refractivity contribution in [3.05, 3.63) is 36.6 Å². The number of hydrogen-bond donors (Lipinski definition) is 2. The van der Waals surface area contributed by atoms with Crippen LogP contribution in [0.4, 0.5) is 4.79 Å². The molecule has 0 bridgehead atoms. The molecule has 0 aliphatic carbocycles. The second-order valence-electron chi connectivity index (χ2n) is 3.71. The number of rotatable bonds is 5. The van der Waals surface area contributed by atoms with E-state index in [2.05, 4.69) is 25.7 Å². The van der Waals surface area contributed by atoms with Crippen LogP contribution in [-0.2, 0) is 0 Å². The molecule has 0 atom stereocenters. The van der Waals surface area contributed by atoms with Crippen LogP contribution >= 0.6 is 0 Å². The molecule has 17 heavy (non-hydrogen) atoms. The average molecular weight is 243 g/mol. The summed E-state index contributed by atoms with van der Waals surface area (Å²) in [6.45, 7) is 8.52. The molecule has 0 aromatic heterocycles. The molecule has 4 heteroatoms. The maximum atomic E-state index is 10.6. The number of nitrogens with two attached hydrogens (primary N) is 1. The summed E-state index contributed by atoms with van der Waals surface area (Å²) in [5.74, 6) is 0. The predicted molar refractivity (Wildman–Crippen MR) is 78.9 cm³/mol. The summed E-state index contributed by atoms with van der Waals surface area (Å²) in [4.78, 5) is 12.6. The SMILES string of the molecule is C=C/C=C\C(=C/CN(C)C)NC(N)=O.CCC.[HH].[HH]. The Bertz CT molecular complexity index is 277. The molecule has 0 aliphatic heterocycles. The first-order valence-electron chi connectivity index (χ1n) is 5.68. The summed E-state index contributed by atoms with van der Waals surface area (Å²) >= 11 is 0. The van der Waals surface area contributed by atoms with Gasteiger partial charge in [-0.15, -0.1) is 0 Å². The number of carbonyl (C=O) groups excluding carboxylic acids is 1. The molecule has 0 heterocycles. The van der Waals surface area contributed by atoms with Crippen molar-refractivity contribution >= 4 is 6.03 Å². The van der Waals surface area contributed by atoms with Gasteiger partial charge in [0, 0.05) is 15.1 Å². The second kappa shape index (κ2) is 12.5. The van der Waals surface area contributed by atoms with E-state index in [4.69, 9.17) is 5.73 Å². The van der Waals surface area contributed by atoms with Crippen molar-refractivity contribution in [2.24, 2.45) is 5.73 Å².